The molecular formula is C14H17F3N4O4. The molecule has 2 aliphatic rings. The van der Waals surface area contributed by atoms with Gasteiger partial charge >= 0.3 is 6.18 Å². The Kier molecular flexibility index (Phi) is 4.95. The Hall–Kier alpha value is -2.14. The molecule has 0 radical (unpaired) electrons. The lowest BCUT2D eigenvalue weighted by molar-refractivity contribution is -0.143. The van der Waals surface area contributed by atoms with Crippen molar-refractivity contribution in [3.63, 3.8) is 0 Å². The lowest BCUT2D eigenvalue weighted by Crippen LogP contribution is -2.47. The van der Waals surface area contributed by atoms with E-state index in [-0.39, 0.29) is 31.2 Å². The van der Waals surface area contributed by atoms with Crippen LogP contribution in [0.25, 0.3) is 0 Å². The normalized spacial score (nSPS) is 20.8. The van der Waals surface area contributed by atoms with Crippen LogP contribution in [-0.2, 0) is 15.7 Å². The number of fused-ring (bicyclic) bond motifs is 1. The molecule has 1 amide bonds. The van der Waals surface area contributed by atoms with Gasteiger partial charge in [-0.2, -0.15) is 18.3 Å². The Bertz CT molecular complexity index is 700. The van der Waals surface area contributed by atoms with E-state index in [0.717, 1.165) is 0 Å². The zero-order chi connectivity index (χ0) is 18.0. The van der Waals surface area contributed by atoms with Gasteiger partial charge in [0.15, 0.2) is 11.3 Å². The van der Waals surface area contributed by atoms with Crippen LogP contribution < -0.4 is 15.6 Å². The van der Waals surface area contributed by atoms with Crippen molar-refractivity contribution in [2.24, 2.45) is 0 Å². The van der Waals surface area contributed by atoms with E-state index in [0.29, 0.717) is 26.2 Å². The standard InChI is InChI=1S/C14H17F3N4O4/c15-14(16,17)10-12-11(19-20-13(10)23)8(1-6-24-12)25-7-9(22)21-4-2-18-3-5-21/h8,18H,1-7H2,(H,20,23)/t8-/m0/s1. The van der Waals surface area contributed by atoms with Gasteiger partial charge in [0.05, 0.1) is 6.61 Å². The number of nitrogens with one attached hydrogen (secondary N) is 2. The minimum Gasteiger partial charge on any atom is -0.491 e. The lowest BCUT2D eigenvalue weighted by Gasteiger charge is -2.29. The average Bonchev–Trinajstić information content (AvgIpc) is 2.58. The zero-order valence-corrected chi connectivity index (χ0v) is 13.2. The number of aromatic nitrogens is 2. The number of ether oxygens (including phenoxy) is 2. The van der Waals surface area contributed by atoms with Crippen molar-refractivity contribution >= 4 is 5.91 Å². The Morgan fingerprint density at radius 2 is 2.08 bits per heavy atom. The second-order valence-electron chi connectivity index (χ2n) is 5.71. The Balaban J connectivity index is 1.76. The summed E-state index contributed by atoms with van der Waals surface area (Å²) in [6.07, 6.45) is -5.49. The number of nitrogens with zero attached hydrogens (tertiary/aromatic N) is 2. The molecule has 0 spiro atoms. The van der Waals surface area contributed by atoms with Gasteiger partial charge in [0.2, 0.25) is 5.91 Å². The summed E-state index contributed by atoms with van der Waals surface area (Å²) in [6.45, 7) is 2.14. The van der Waals surface area contributed by atoms with E-state index in [9.17, 15) is 22.8 Å². The quantitative estimate of drug-likeness (QED) is 0.790. The van der Waals surface area contributed by atoms with Gasteiger partial charge < -0.3 is 19.7 Å². The van der Waals surface area contributed by atoms with Crippen molar-refractivity contribution in [1.29, 1.82) is 0 Å². The molecule has 0 aromatic carbocycles. The van der Waals surface area contributed by atoms with Crippen LogP contribution in [0.5, 0.6) is 5.75 Å². The van der Waals surface area contributed by atoms with E-state index in [1.54, 1.807) is 4.90 Å². The van der Waals surface area contributed by atoms with Crippen molar-refractivity contribution in [2.75, 3.05) is 39.4 Å². The third-order valence-corrected chi connectivity index (χ3v) is 4.06. The minimum atomic E-state index is -4.88. The predicted octanol–water partition coefficient (Wildman–Crippen LogP) is 0.0607. The Morgan fingerprint density at radius 3 is 2.76 bits per heavy atom. The Morgan fingerprint density at radius 1 is 1.36 bits per heavy atom. The molecule has 11 heteroatoms. The first-order valence-corrected chi connectivity index (χ1v) is 7.80. The molecule has 2 N–H and O–H groups in total. The van der Waals surface area contributed by atoms with Crippen LogP contribution in [0.2, 0.25) is 0 Å². The van der Waals surface area contributed by atoms with Crippen molar-refractivity contribution in [3.8, 4) is 5.75 Å². The van der Waals surface area contributed by atoms with Gasteiger partial charge in [-0.15, -0.1) is 0 Å². The second kappa shape index (κ2) is 7.00. The molecule has 2 aliphatic heterocycles. The summed E-state index contributed by atoms with van der Waals surface area (Å²) in [5, 5.41) is 8.58. The number of H-pyrrole nitrogens is 1. The summed E-state index contributed by atoms with van der Waals surface area (Å²) in [5.41, 5.74) is -2.95. The highest BCUT2D eigenvalue weighted by Crippen LogP contribution is 2.40. The molecule has 0 bridgehead atoms. The van der Waals surface area contributed by atoms with E-state index < -0.39 is 29.2 Å². The van der Waals surface area contributed by atoms with Gasteiger partial charge in [0.25, 0.3) is 5.56 Å². The zero-order valence-electron chi connectivity index (χ0n) is 13.2. The van der Waals surface area contributed by atoms with Crippen LogP contribution in [0, 0.1) is 0 Å². The number of rotatable bonds is 3. The largest absolute Gasteiger partial charge is 0.491 e. The summed E-state index contributed by atoms with van der Waals surface area (Å²) in [4.78, 5) is 25.2. The monoisotopic (exact) mass is 362 g/mol. The van der Waals surface area contributed by atoms with Crippen LogP contribution >= 0.6 is 0 Å². The van der Waals surface area contributed by atoms with E-state index >= 15 is 0 Å². The highest BCUT2D eigenvalue weighted by Gasteiger charge is 2.42. The van der Waals surface area contributed by atoms with Crippen LogP contribution in [0.3, 0.4) is 0 Å². The second-order valence-corrected chi connectivity index (χ2v) is 5.71. The third-order valence-electron chi connectivity index (χ3n) is 4.06. The number of aromatic amines is 1. The molecule has 1 aromatic heterocycles. The Labute approximate surface area is 140 Å². The van der Waals surface area contributed by atoms with E-state index in [1.807, 2.05) is 5.10 Å². The first kappa shape index (κ1) is 17.7. The predicted molar refractivity (Wildman–Crippen MR) is 78.1 cm³/mol. The van der Waals surface area contributed by atoms with Gasteiger partial charge in [-0.1, -0.05) is 0 Å². The molecule has 1 saturated heterocycles. The maximum Gasteiger partial charge on any atom is 0.425 e. The minimum absolute atomic E-state index is 0.0618. The first-order valence-electron chi connectivity index (χ1n) is 7.80. The number of carbonyl (C=O) groups excluding carboxylic acids is 1. The maximum absolute atomic E-state index is 13.1. The van der Waals surface area contributed by atoms with E-state index in [1.165, 1.54) is 0 Å². The molecule has 0 aliphatic carbocycles. The molecule has 1 aromatic rings. The molecule has 0 saturated carbocycles. The number of carbonyl (C=O) groups is 1. The molecule has 138 valence electrons. The van der Waals surface area contributed by atoms with Crippen LogP contribution in [0.1, 0.15) is 23.8 Å². The van der Waals surface area contributed by atoms with Crippen molar-refractivity contribution in [2.45, 2.75) is 18.7 Å². The van der Waals surface area contributed by atoms with Crippen molar-refractivity contribution < 1.29 is 27.4 Å². The molecular weight excluding hydrogens is 345 g/mol. The number of alkyl halides is 3. The lowest BCUT2D eigenvalue weighted by atomic mass is 10.1. The van der Waals surface area contributed by atoms with Crippen LogP contribution in [0.15, 0.2) is 4.79 Å². The number of piperazine rings is 1. The fourth-order valence-electron chi connectivity index (χ4n) is 2.82. The summed E-state index contributed by atoms with van der Waals surface area (Å²) >= 11 is 0. The SMILES string of the molecule is O=C(CO[C@H]1CCOc2c1n[nH]c(=O)c2C(F)(F)F)N1CCNCC1. The number of hydrogen-bond donors (Lipinski definition) is 2. The molecule has 3 rings (SSSR count). The van der Waals surface area contributed by atoms with Crippen molar-refractivity contribution in [3.05, 3.63) is 21.6 Å². The molecule has 1 atom stereocenters. The average molecular weight is 362 g/mol. The number of amides is 1. The van der Waals surface area contributed by atoms with Crippen LogP contribution in [0.4, 0.5) is 13.2 Å². The highest BCUT2D eigenvalue weighted by atomic mass is 19.4. The summed E-state index contributed by atoms with van der Waals surface area (Å²) < 4.78 is 49.8. The summed E-state index contributed by atoms with van der Waals surface area (Å²) in [5.74, 6) is -0.864. The molecule has 8 nitrogen and oxygen atoms in total. The maximum atomic E-state index is 13.1. The smallest absolute Gasteiger partial charge is 0.425 e. The molecule has 1 fully saturated rings. The number of halogens is 3. The molecule has 25 heavy (non-hydrogen) atoms. The van der Waals surface area contributed by atoms with Gasteiger partial charge in [0, 0.05) is 32.6 Å². The van der Waals surface area contributed by atoms with Crippen LogP contribution in [-0.4, -0.2) is 60.4 Å². The fourth-order valence-corrected chi connectivity index (χ4v) is 2.82. The first-order chi connectivity index (χ1) is 11.9. The summed E-state index contributed by atoms with van der Waals surface area (Å²) in [6, 6.07) is 0. The van der Waals surface area contributed by atoms with Gasteiger partial charge in [-0.3, -0.25) is 9.59 Å². The van der Waals surface area contributed by atoms with E-state index in [4.69, 9.17) is 9.47 Å². The molecule has 3 heterocycles. The highest BCUT2D eigenvalue weighted by molar-refractivity contribution is 5.77. The van der Waals surface area contributed by atoms with Gasteiger partial charge in [-0.05, 0) is 0 Å². The van der Waals surface area contributed by atoms with Gasteiger partial charge in [-0.25, -0.2) is 5.10 Å². The third kappa shape index (κ3) is 3.76. The van der Waals surface area contributed by atoms with Crippen molar-refractivity contribution in [1.82, 2.24) is 20.4 Å². The van der Waals surface area contributed by atoms with Gasteiger partial charge in [0.1, 0.15) is 18.4 Å². The molecule has 0 unspecified atom stereocenters. The summed E-state index contributed by atoms with van der Waals surface area (Å²) in [7, 11) is 0. The van der Waals surface area contributed by atoms with E-state index in [2.05, 4.69) is 10.4 Å². The topological polar surface area (TPSA) is 96.5 Å². The number of hydrogen-bond acceptors (Lipinski definition) is 6. The fraction of sp³-hybridized carbons (Fsp3) is 0.643.